The Bertz CT molecular complexity index is 1360. The number of hydrogen-bond donors (Lipinski definition) is 0. The predicted molar refractivity (Wildman–Crippen MR) is 180 cm³/mol. The Morgan fingerprint density at radius 2 is 1.24 bits per heavy atom. The Kier molecular flexibility index (Phi) is 9.78. The highest BCUT2D eigenvalue weighted by molar-refractivity contribution is 7.80. The molecule has 228 valence electrons. The summed E-state index contributed by atoms with van der Waals surface area (Å²) in [4.78, 5) is 0. The fraction of sp³-hybridized carbons (Fsp3) is 0.514. The van der Waals surface area contributed by atoms with Crippen molar-refractivity contribution in [3.05, 3.63) is 88.5 Å². The summed E-state index contributed by atoms with van der Waals surface area (Å²) in [5, 5.41) is 3.60. The Morgan fingerprint density at radius 1 is 0.714 bits per heavy atom. The Balaban J connectivity index is 1.91. The molecule has 1 fully saturated rings. The van der Waals surface area contributed by atoms with Gasteiger partial charge in [-0.15, -0.1) is 0 Å². The van der Waals surface area contributed by atoms with E-state index < -0.39 is 19.7 Å². The highest BCUT2D eigenvalue weighted by atomic mass is 31.1. The van der Waals surface area contributed by atoms with Gasteiger partial charge >= 0.3 is 6.18 Å². The van der Waals surface area contributed by atoms with Crippen LogP contribution in [-0.2, 0) is 6.18 Å². The molecule has 0 spiro atoms. The highest BCUT2D eigenvalue weighted by Gasteiger charge is 2.45. The molecule has 0 amide bonds. The van der Waals surface area contributed by atoms with E-state index in [0.29, 0.717) is 23.1 Å². The SMILES string of the molecule is Cc1cc(C)cc(P(c2cc(C)cc(C(F)(F)F)c2)c2ccccc2C2CCCC2[C@@H](C)P(C(C)(C)C)C(C)(C)C)c1. The van der Waals surface area contributed by atoms with Gasteiger partial charge in [-0.3, -0.25) is 0 Å². The van der Waals surface area contributed by atoms with Crippen LogP contribution in [0.1, 0.15) is 101 Å². The molecular formula is C37H49F3P2. The lowest BCUT2D eigenvalue weighted by Crippen LogP contribution is -2.35. The molecule has 0 aliphatic heterocycles. The first-order chi connectivity index (χ1) is 19.4. The molecule has 1 aliphatic carbocycles. The van der Waals surface area contributed by atoms with Gasteiger partial charge in [0.25, 0.3) is 0 Å². The van der Waals surface area contributed by atoms with Crippen molar-refractivity contribution in [3.8, 4) is 0 Å². The molecule has 1 aliphatic rings. The van der Waals surface area contributed by atoms with E-state index in [-0.39, 0.29) is 18.2 Å². The molecule has 1 saturated carbocycles. The van der Waals surface area contributed by atoms with E-state index in [2.05, 4.69) is 105 Å². The van der Waals surface area contributed by atoms with Gasteiger partial charge < -0.3 is 0 Å². The molecule has 4 rings (SSSR count). The molecule has 4 atom stereocenters. The number of alkyl halides is 3. The first-order valence-corrected chi connectivity index (χ1v) is 18.1. The second-order valence-corrected chi connectivity index (χ2v) is 20.9. The van der Waals surface area contributed by atoms with E-state index in [1.54, 1.807) is 6.92 Å². The molecule has 0 N–H and O–H groups in total. The van der Waals surface area contributed by atoms with Crippen LogP contribution in [0.5, 0.6) is 0 Å². The first kappa shape index (κ1) is 33.2. The molecule has 0 heterocycles. The number of rotatable bonds is 6. The Morgan fingerprint density at radius 3 is 1.79 bits per heavy atom. The zero-order valence-electron chi connectivity index (χ0n) is 27.2. The summed E-state index contributed by atoms with van der Waals surface area (Å²) < 4.78 is 42.3. The molecular weight excluding hydrogens is 563 g/mol. The van der Waals surface area contributed by atoms with Gasteiger partial charge in [0.1, 0.15) is 0 Å². The lowest BCUT2D eigenvalue weighted by Gasteiger charge is -2.48. The number of halogens is 3. The van der Waals surface area contributed by atoms with E-state index in [0.717, 1.165) is 28.2 Å². The summed E-state index contributed by atoms with van der Waals surface area (Å²) in [5.74, 6) is 0.976. The van der Waals surface area contributed by atoms with Gasteiger partial charge in [-0.05, 0) is 109 Å². The zero-order chi connectivity index (χ0) is 31.2. The zero-order valence-corrected chi connectivity index (χ0v) is 28.9. The van der Waals surface area contributed by atoms with Crippen LogP contribution >= 0.6 is 15.8 Å². The fourth-order valence-electron chi connectivity index (χ4n) is 7.94. The van der Waals surface area contributed by atoms with E-state index in [4.69, 9.17) is 0 Å². The van der Waals surface area contributed by atoms with Crippen LogP contribution in [0.3, 0.4) is 0 Å². The normalized spacial score (nSPS) is 19.8. The lowest BCUT2D eigenvalue weighted by atomic mass is 9.87. The third kappa shape index (κ3) is 7.33. The summed E-state index contributed by atoms with van der Waals surface area (Å²) in [7, 11) is -1.48. The summed E-state index contributed by atoms with van der Waals surface area (Å²) in [6.45, 7) is 22.9. The van der Waals surface area contributed by atoms with Crippen molar-refractivity contribution < 1.29 is 13.2 Å². The molecule has 3 unspecified atom stereocenters. The van der Waals surface area contributed by atoms with Crippen molar-refractivity contribution in [1.29, 1.82) is 0 Å². The summed E-state index contributed by atoms with van der Waals surface area (Å²) in [5.41, 5.74) is 4.33. The van der Waals surface area contributed by atoms with Crippen molar-refractivity contribution in [2.24, 2.45) is 5.92 Å². The Hall–Kier alpha value is -1.69. The molecule has 3 aromatic rings. The quantitative estimate of drug-likeness (QED) is 0.243. The fourth-order valence-corrected chi connectivity index (χ4v) is 16.0. The number of benzene rings is 3. The average Bonchev–Trinajstić information content (AvgIpc) is 3.31. The van der Waals surface area contributed by atoms with Gasteiger partial charge in [-0.2, -0.15) is 13.2 Å². The minimum atomic E-state index is -4.38. The average molecular weight is 613 g/mol. The van der Waals surface area contributed by atoms with E-state index in [1.165, 1.54) is 35.8 Å². The third-order valence-electron chi connectivity index (χ3n) is 8.73. The molecule has 0 nitrogen and oxygen atoms in total. The van der Waals surface area contributed by atoms with Crippen LogP contribution in [0.15, 0.2) is 60.7 Å². The maximum Gasteiger partial charge on any atom is 0.416 e. The summed E-state index contributed by atoms with van der Waals surface area (Å²) in [6, 6.07) is 19.9. The van der Waals surface area contributed by atoms with E-state index in [9.17, 15) is 13.2 Å². The van der Waals surface area contributed by atoms with Crippen LogP contribution in [0.4, 0.5) is 13.2 Å². The van der Waals surface area contributed by atoms with Crippen LogP contribution < -0.4 is 15.9 Å². The molecule has 0 bridgehead atoms. The number of hydrogen-bond acceptors (Lipinski definition) is 0. The predicted octanol–water partition coefficient (Wildman–Crippen LogP) is 10.7. The standard InChI is InChI=1S/C37H49F3P2/c1-24-18-25(2)21-29(20-24)41(30-22-26(3)19-28(23-30)37(38,39)40)34-17-12-11-14-33(34)32-16-13-15-31(32)27(4)42(35(5,6)7)36(8,9)10/h11-12,14,17-23,27,31-32H,13,15-16H2,1-10H3/t27-,31?,32?,41?/m1/s1. The van der Waals surface area contributed by atoms with E-state index >= 15 is 0 Å². The van der Waals surface area contributed by atoms with Crippen LogP contribution in [0, 0.1) is 26.7 Å². The largest absolute Gasteiger partial charge is 0.416 e. The molecule has 0 radical (unpaired) electrons. The first-order valence-electron chi connectivity index (χ1n) is 15.3. The topological polar surface area (TPSA) is 0 Å². The smallest absolute Gasteiger partial charge is 0.166 e. The molecule has 0 aromatic heterocycles. The van der Waals surface area contributed by atoms with Crippen molar-refractivity contribution in [2.75, 3.05) is 0 Å². The minimum absolute atomic E-state index is 0.237. The van der Waals surface area contributed by atoms with Crippen molar-refractivity contribution in [3.63, 3.8) is 0 Å². The summed E-state index contributed by atoms with van der Waals surface area (Å²) in [6.07, 6.45) is -0.821. The third-order valence-corrected chi connectivity index (χ3v) is 15.3. The minimum Gasteiger partial charge on any atom is -0.166 e. The van der Waals surface area contributed by atoms with Crippen molar-refractivity contribution >= 4 is 31.8 Å². The lowest BCUT2D eigenvalue weighted by molar-refractivity contribution is -0.137. The van der Waals surface area contributed by atoms with E-state index in [1.807, 2.05) is 6.07 Å². The maximum atomic E-state index is 14.1. The van der Waals surface area contributed by atoms with Gasteiger partial charge in [0.15, 0.2) is 0 Å². The van der Waals surface area contributed by atoms with Gasteiger partial charge in [0.05, 0.1) is 5.56 Å². The molecule has 3 aromatic carbocycles. The van der Waals surface area contributed by atoms with Crippen LogP contribution in [0.25, 0.3) is 0 Å². The van der Waals surface area contributed by atoms with Crippen molar-refractivity contribution in [1.82, 2.24) is 0 Å². The number of aryl methyl sites for hydroxylation is 3. The second-order valence-electron chi connectivity index (χ2n) is 14.4. The highest BCUT2D eigenvalue weighted by Crippen LogP contribution is 2.66. The Labute approximate surface area is 255 Å². The second kappa shape index (κ2) is 12.4. The van der Waals surface area contributed by atoms with Gasteiger partial charge in [-0.25, -0.2) is 0 Å². The summed E-state index contributed by atoms with van der Waals surface area (Å²) >= 11 is 0. The molecule has 0 saturated heterocycles. The van der Waals surface area contributed by atoms with Crippen LogP contribution in [0.2, 0.25) is 0 Å². The van der Waals surface area contributed by atoms with Gasteiger partial charge in [0.2, 0.25) is 0 Å². The van der Waals surface area contributed by atoms with Gasteiger partial charge in [0, 0.05) is 0 Å². The molecule has 42 heavy (non-hydrogen) atoms. The van der Waals surface area contributed by atoms with Crippen molar-refractivity contribution in [2.45, 2.75) is 117 Å². The monoisotopic (exact) mass is 612 g/mol. The van der Waals surface area contributed by atoms with Gasteiger partial charge in [-0.1, -0.05) is 122 Å². The van der Waals surface area contributed by atoms with Crippen LogP contribution in [-0.4, -0.2) is 16.0 Å². The molecule has 5 heteroatoms. The maximum absolute atomic E-state index is 14.1.